The van der Waals surface area contributed by atoms with Crippen LogP contribution in [0.15, 0.2) is 24.3 Å². The van der Waals surface area contributed by atoms with Gasteiger partial charge in [0.2, 0.25) is 0 Å². The van der Waals surface area contributed by atoms with E-state index < -0.39 is 0 Å². The Morgan fingerprint density at radius 2 is 2.10 bits per heavy atom. The minimum absolute atomic E-state index is 0.137. The topological polar surface area (TPSA) is 56.6 Å². The van der Waals surface area contributed by atoms with E-state index in [1.807, 2.05) is 23.1 Å². The predicted molar refractivity (Wildman–Crippen MR) is 78.9 cm³/mol. The van der Waals surface area contributed by atoms with E-state index >= 15 is 0 Å². The van der Waals surface area contributed by atoms with Crippen molar-refractivity contribution in [3.05, 3.63) is 29.8 Å². The summed E-state index contributed by atoms with van der Waals surface area (Å²) in [6.45, 7) is 3.74. The van der Waals surface area contributed by atoms with Crippen molar-refractivity contribution in [3.63, 3.8) is 0 Å². The van der Waals surface area contributed by atoms with E-state index in [0.29, 0.717) is 12.2 Å². The lowest BCUT2D eigenvalue weighted by atomic mass is 10.1. The molecule has 110 valence electrons. The number of nitriles is 1. The zero-order valence-electron chi connectivity index (χ0n) is 12.0. The van der Waals surface area contributed by atoms with Gasteiger partial charge in [-0.25, -0.2) is 0 Å². The average molecular weight is 285 g/mol. The quantitative estimate of drug-likeness (QED) is 0.824. The van der Waals surface area contributed by atoms with Gasteiger partial charge in [0, 0.05) is 38.5 Å². The van der Waals surface area contributed by atoms with Crippen molar-refractivity contribution in [3.8, 4) is 6.07 Å². The largest absolute Gasteiger partial charge is 0.368 e. The highest BCUT2D eigenvalue weighted by molar-refractivity contribution is 5.81. The molecule has 1 aromatic carbocycles. The first kappa shape index (κ1) is 13.9. The number of carbonyl (C=O) groups is 1. The maximum Gasteiger partial charge on any atom is 0.251 e. The van der Waals surface area contributed by atoms with Gasteiger partial charge in [-0.15, -0.1) is 0 Å². The van der Waals surface area contributed by atoms with Crippen molar-refractivity contribution < 1.29 is 9.53 Å². The molecule has 2 fully saturated rings. The van der Waals surface area contributed by atoms with Crippen LogP contribution in [0.3, 0.4) is 0 Å². The lowest BCUT2D eigenvalue weighted by molar-refractivity contribution is -0.141. The number of anilines is 1. The van der Waals surface area contributed by atoms with Crippen LogP contribution in [0, 0.1) is 11.3 Å². The van der Waals surface area contributed by atoms with Gasteiger partial charge >= 0.3 is 0 Å². The Labute approximate surface area is 124 Å². The first-order valence-electron chi connectivity index (χ1n) is 7.43. The SMILES string of the molecule is N#Cc1cccc(N2CCN(C(=O)C3CCCO3)CC2)c1. The molecule has 1 aromatic rings. The molecular weight excluding hydrogens is 266 g/mol. The Kier molecular flexibility index (Phi) is 4.07. The van der Waals surface area contributed by atoms with Crippen molar-refractivity contribution in [2.45, 2.75) is 18.9 Å². The van der Waals surface area contributed by atoms with Gasteiger partial charge in [-0.2, -0.15) is 5.26 Å². The molecule has 0 saturated carbocycles. The van der Waals surface area contributed by atoms with Gasteiger partial charge in [-0.1, -0.05) is 6.07 Å². The minimum atomic E-state index is -0.224. The lowest BCUT2D eigenvalue weighted by Gasteiger charge is -2.37. The zero-order chi connectivity index (χ0) is 14.7. The fourth-order valence-corrected chi connectivity index (χ4v) is 2.93. The molecule has 0 bridgehead atoms. The highest BCUT2D eigenvalue weighted by Gasteiger charge is 2.30. The third-order valence-electron chi connectivity index (χ3n) is 4.14. The molecule has 0 N–H and O–H groups in total. The second kappa shape index (κ2) is 6.15. The normalized spacial score (nSPS) is 22.1. The van der Waals surface area contributed by atoms with Crippen molar-refractivity contribution >= 4 is 11.6 Å². The highest BCUT2D eigenvalue weighted by atomic mass is 16.5. The van der Waals surface area contributed by atoms with Gasteiger partial charge in [0.15, 0.2) is 0 Å². The maximum absolute atomic E-state index is 12.3. The van der Waals surface area contributed by atoms with Crippen LogP contribution in [0.5, 0.6) is 0 Å². The molecule has 1 unspecified atom stereocenters. The molecule has 1 amide bonds. The Balaban J connectivity index is 1.59. The van der Waals surface area contributed by atoms with Crippen molar-refractivity contribution in [2.75, 3.05) is 37.7 Å². The number of benzene rings is 1. The Bertz CT molecular complexity index is 553. The second-order valence-corrected chi connectivity index (χ2v) is 5.48. The summed E-state index contributed by atoms with van der Waals surface area (Å²) in [5.41, 5.74) is 1.73. The Morgan fingerprint density at radius 3 is 2.76 bits per heavy atom. The standard InChI is InChI=1S/C16H19N3O2/c17-12-13-3-1-4-14(11-13)18-6-8-19(9-7-18)16(20)15-5-2-10-21-15/h1,3-4,11,15H,2,5-10H2. The fraction of sp³-hybridized carbons (Fsp3) is 0.500. The Hall–Kier alpha value is -2.06. The van der Waals surface area contributed by atoms with E-state index in [4.69, 9.17) is 10.00 Å². The van der Waals surface area contributed by atoms with Crippen LogP contribution in [0.1, 0.15) is 18.4 Å². The van der Waals surface area contributed by atoms with Crippen molar-refractivity contribution in [1.82, 2.24) is 4.90 Å². The van der Waals surface area contributed by atoms with Gasteiger partial charge < -0.3 is 14.5 Å². The summed E-state index contributed by atoms with van der Waals surface area (Å²) < 4.78 is 5.47. The number of hydrogen-bond acceptors (Lipinski definition) is 4. The molecule has 2 heterocycles. The summed E-state index contributed by atoms with van der Waals surface area (Å²) in [7, 11) is 0. The van der Waals surface area contributed by atoms with Crippen LogP contribution in [0.25, 0.3) is 0 Å². The van der Waals surface area contributed by atoms with Gasteiger partial charge in [0.05, 0.1) is 11.6 Å². The molecule has 2 saturated heterocycles. The number of hydrogen-bond donors (Lipinski definition) is 0. The summed E-state index contributed by atoms with van der Waals surface area (Å²) in [6, 6.07) is 9.78. The zero-order valence-corrected chi connectivity index (χ0v) is 12.0. The monoisotopic (exact) mass is 285 g/mol. The fourth-order valence-electron chi connectivity index (χ4n) is 2.93. The van der Waals surface area contributed by atoms with Crippen LogP contribution < -0.4 is 4.90 Å². The van der Waals surface area contributed by atoms with Crippen LogP contribution in [-0.2, 0) is 9.53 Å². The third kappa shape index (κ3) is 3.01. The molecule has 0 spiro atoms. The molecule has 2 aliphatic rings. The molecule has 5 heteroatoms. The maximum atomic E-state index is 12.3. The molecular formula is C16H19N3O2. The van der Waals surface area contributed by atoms with Gasteiger partial charge in [-0.3, -0.25) is 4.79 Å². The number of carbonyl (C=O) groups excluding carboxylic acids is 1. The molecule has 5 nitrogen and oxygen atoms in total. The van der Waals surface area contributed by atoms with E-state index in [9.17, 15) is 4.79 Å². The molecule has 3 rings (SSSR count). The average Bonchev–Trinajstić information content (AvgIpc) is 3.09. The number of rotatable bonds is 2. The predicted octanol–water partition coefficient (Wildman–Crippen LogP) is 1.39. The summed E-state index contributed by atoms with van der Waals surface area (Å²) in [5.74, 6) is 0.137. The van der Waals surface area contributed by atoms with Crippen LogP contribution >= 0.6 is 0 Å². The lowest BCUT2D eigenvalue weighted by Crippen LogP contribution is -2.51. The number of ether oxygens (including phenoxy) is 1. The Morgan fingerprint density at radius 1 is 1.29 bits per heavy atom. The smallest absolute Gasteiger partial charge is 0.251 e. The summed E-state index contributed by atoms with van der Waals surface area (Å²) >= 11 is 0. The summed E-state index contributed by atoms with van der Waals surface area (Å²) in [6.07, 6.45) is 1.61. The van der Waals surface area contributed by atoms with Crippen molar-refractivity contribution in [2.24, 2.45) is 0 Å². The van der Waals surface area contributed by atoms with Gasteiger partial charge in [-0.05, 0) is 31.0 Å². The molecule has 2 aliphatic heterocycles. The van der Waals surface area contributed by atoms with Crippen LogP contribution in [-0.4, -0.2) is 49.7 Å². The van der Waals surface area contributed by atoms with E-state index in [-0.39, 0.29) is 12.0 Å². The summed E-state index contributed by atoms with van der Waals surface area (Å²) in [4.78, 5) is 16.4. The number of nitrogens with zero attached hydrogens (tertiary/aromatic N) is 3. The van der Waals surface area contributed by atoms with Crippen LogP contribution in [0.4, 0.5) is 5.69 Å². The first-order valence-corrected chi connectivity index (χ1v) is 7.43. The van der Waals surface area contributed by atoms with E-state index in [0.717, 1.165) is 44.7 Å². The van der Waals surface area contributed by atoms with Crippen molar-refractivity contribution in [1.29, 1.82) is 5.26 Å². The molecule has 21 heavy (non-hydrogen) atoms. The molecule has 0 aliphatic carbocycles. The first-order chi connectivity index (χ1) is 10.3. The van der Waals surface area contributed by atoms with Gasteiger partial charge in [0.1, 0.15) is 6.10 Å². The second-order valence-electron chi connectivity index (χ2n) is 5.48. The van der Waals surface area contributed by atoms with Gasteiger partial charge in [0.25, 0.3) is 5.91 Å². The molecule has 1 atom stereocenters. The minimum Gasteiger partial charge on any atom is -0.368 e. The number of piperazine rings is 1. The summed E-state index contributed by atoms with van der Waals surface area (Å²) in [5, 5.41) is 8.96. The van der Waals surface area contributed by atoms with E-state index in [1.165, 1.54) is 0 Å². The van der Waals surface area contributed by atoms with E-state index in [1.54, 1.807) is 6.07 Å². The molecule has 0 aromatic heterocycles. The van der Waals surface area contributed by atoms with Crippen LogP contribution in [0.2, 0.25) is 0 Å². The molecule has 0 radical (unpaired) electrons. The highest BCUT2D eigenvalue weighted by Crippen LogP contribution is 2.20. The third-order valence-corrected chi connectivity index (χ3v) is 4.14. The number of amides is 1. The van der Waals surface area contributed by atoms with E-state index in [2.05, 4.69) is 11.0 Å².